The van der Waals surface area contributed by atoms with Crippen LogP contribution in [0.5, 0.6) is 5.75 Å². The molecule has 25 heavy (non-hydrogen) atoms. The quantitative estimate of drug-likeness (QED) is 0.909. The summed E-state index contributed by atoms with van der Waals surface area (Å²) >= 11 is 0. The maximum absolute atomic E-state index is 13.0. The zero-order chi connectivity index (χ0) is 17.8. The van der Waals surface area contributed by atoms with Crippen LogP contribution in [0.1, 0.15) is 23.7 Å². The van der Waals surface area contributed by atoms with Crippen molar-refractivity contribution in [2.75, 3.05) is 18.1 Å². The molecule has 0 saturated carbocycles. The van der Waals surface area contributed by atoms with Gasteiger partial charge in [0.05, 0.1) is 12.2 Å². The van der Waals surface area contributed by atoms with Crippen LogP contribution in [0, 0.1) is 5.82 Å². The molecule has 1 saturated heterocycles. The standard InChI is InChI=1S/C19H19FN2O3/c1-2-25-17-6-4-3-5-15(17)18(23)21-16-11-12-22(19(16)24)14-9-7-13(20)8-10-14/h3-10,16H,2,11-12H2,1H3,(H,21,23). The molecule has 1 aliphatic rings. The Morgan fingerprint density at radius 3 is 2.68 bits per heavy atom. The Morgan fingerprint density at radius 1 is 1.24 bits per heavy atom. The number of para-hydroxylation sites is 1. The van der Waals surface area contributed by atoms with E-state index in [1.807, 2.05) is 6.92 Å². The minimum atomic E-state index is -0.604. The molecule has 3 rings (SSSR count). The number of nitrogens with one attached hydrogen (secondary N) is 1. The van der Waals surface area contributed by atoms with Gasteiger partial charge in [-0.15, -0.1) is 0 Å². The normalized spacial score (nSPS) is 16.8. The van der Waals surface area contributed by atoms with Crippen LogP contribution in [0.4, 0.5) is 10.1 Å². The van der Waals surface area contributed by atoms with Gasteiger partial charge in [0.1, 0.15) is 17.6 Å². The Labute approximate surface area is 145 Å². The van der Waals surface area contributed by atoms with Crippen molar-refractivity contribution in [3.63, 3.8) is 0 Å². The van der Waals surface area contributed by atoms with Crippen molar-refractivity contribution in [2.24, 2.45) is 0 Å². The molecule has 1 N–H and O–H groups in total. The molecule has 6 heteroatoms. The largest absolute Gasteiger partial charge is 0.493 e. The maximum Gasteiger partial charge on any atom is 0.255 e. The summed E-state index contributed by atoms with van der Waals surface area (Å²) in [5.41, 5.74) is 1.02. The van der Waals surface area contributed by atoms with E-state index in [-0.39, 0.29) is 17.6 Å². The molecule has 0 spiro atoms. The fourth-order valence-electron chi connectivity index (χ4n) is 2.86. The van der Waals surface area contributed by atoms with E-state index in [2.05, 4.69) is 5.32 Å². The predicted molar refractivity (Wildman–Crippen MR) is 92.2 cm³/mol. The lowest BCUT2D eigenvalue weighted by molar-refractivity contribution is -0.118. The smallest absolute Gasteiger partial charge is 0.255 e. The minimum Gasteiger partial charge on any atom is -0.493 e. The van der Waals surface area contributed by atoms with Gasteiger partial charge in [0.2, 0.25) is 5.91 Å². The highest BCUT2D eigenvalue weighted by atomic mass is 19.1. The van der Waals surface area contributed by atoms with Crippen LogP contribution in [0.25, 0.3) is 0 Å². The minimum absolute atomic E-state index is 0.200. The van der Waals surface area contributed by atoms with E-state index in [9.17, 15) is 14.0 Å². The predicted octanol–water partition coefficient (Wildman–Crippen LogP) is 2.76. The molecule has 2 amide bonds. The lowest BCUT2D eigenvalue weighted by Gasteiger charge is -2.17. The van der Waals surface area contributed by atoms with Crippen LogP contribution in [0.15, 0.2) is 48.5 Å². The van der Waals surface area contributed by atoms with Gasteiger partial charge in [-0.25, -0.2) is 4.39 Å². The molecule has 130 valence electrons. The van der Waals surface area contributed by atoms with Crippen LogP contribution in [-0.2, 0) is 4.79 Å². The zero-order valence-corrected chi connectivity index (χ0v) is 13.9. The summed E-state index contributed by atoms with van der Waals surface area (Å²) in [5, 5.41) is 2.77. The number of carbonyl (C=O) groups excluding carboxylic acids is 2. The van der Waals surface area contributed by atoms with Gasteiger partial charge in [-0.05, 0) is 49.7 Å². The third-order valence-electron chi connectivity index (χ3n) is 4.08. The number of nitrogens with zero attached hydrogens (tertiary/aromatic N) is 1. The number of rotatable bonds is 5. The second-order valence-electron chi connectivity index (χ2n) is 5.71. The number of anilines is 1. The molecule has 1 atom stereocenters. The summed E-state index contributed by atoms with van der Waals surface area (Å²) in [4.78, 5) is 26.6. The monoisotopic (exact) mass is 342 g/mol. The highest BCUT2D eigenvalue weighted by molar-refractivity contribution is 6.04. The van der Waals surface area contributed by atoms with Crippen LogP contribution >= 0.6 is 0 Å². The third kappa shape index (κ3) is 3.63. The second kappa shape index (κ2) is 7.34. The number of benzene rings is 2. The topological polar surface area (TPSA) is 58.6 Å². The molecule has 2 aromatic rings. The van der Waals surface area contributed by atoms with Crippen molar-refractivity contribution in [3.8, 4) is 5.75 Å². The highest BCUT2D eigenvalue weighted by Crippen LogP contribution is 2.23. The Hall–Kier alpha value is -2.89. The van der Waals surface area contributed by atoms with Crippen molar-refractivity contribution >= 4 is 17.5 Å². The van der Waals surface area contributed by atoms with Crippen molar-refractivity contribution in [3.05, 3.63) is 59.9 Å². The zero-order valence-electron chi connectivity index (χ0n) is 13.9. The first-order valence-corrected chi connectivity index (χ1v) is 8.19. The summed E-state index contributed by atoms with van der Waals surface area (Å²) in [6.07, 6.45) is 0.499. The summed E-state index contributed by atoms with van der Waals surface area (Å²) in [6, 6.07) is 12.1. The number of halogens is 1. The number of amides is 2. The Morgan fingerprint density at radius 2 is 1.96 bits per heavy atom. The maximum atomic E-state index is 13.0. The first-order chi connectivity index (χ1) is 12.1. The lowest BCUT2D eigenvalue weighted by Crippen LogP contribution is -2.41. The van der Waals surface area contributed by atoms with Gasteiger partial charge in [-0.2, -0.15) is 0 Å². The molecule has 1 aliphatic heterocycles. The molecule has 0 aliphatic carbocycles. The van der Waals surface area contributed by atoms with E-state index in [4.69, 9.17) is 4.74 Å². The van der Waals surface area contributed by atoms with Gasteiger partial charge in [-0.3, -0.25) is 9.59 Å². The van der Waals surface area contributed by atoms with E-state index in [0.29, 0.717) is 36.6 Å². The van der Waals surface area contributed by atoms with Crippen LogP contribution in [0.3, 0.4) is 0 Å². The molecule has 1 unspecified atom stereocenters. The summed E-state index contributed by atoms with van der Waals surface area (Å²) in [5.74, 6) is -0.409. The van der Waals surface area contributed by atoms with Crippen molar-refractivity contribution in [1.29, 1.82) is 0 Å². The van der Waals surface area contributed by atoms with E-state index in [0.717, 1.165) is 0 Å². The van der Waals surface area contributed by atoms with Crippen molar-refractivity contribution in [2.45, 2.75) is 19.4 Å². The molecular formula is C19H19FN2O3. The molecule has 1 heterocycles. The van der Waals surface area contributed by atoms with E-state index in [1.165, 1.54) is 12.1 Å². The third-order valence-corrected chi connectivity index (χ3v) is 4.08. The summed E-state index contributed by atoms with van der Waals surface area (Å²) in [6.45, 7) is 2.77. The lowest BCUT2D eigenvalue weighted by atomic mass is 10.1. The highest BCUT2D eigenvalue weighted by Gasteiger charge is 2.34. The molecule has 0 radical (unpaired) electrons. The van der Waals surface area contributed by atoms with Gasteiger partial charge in [0.15, 0.2) is 0 Å². The SMILES string of the molecule is CCOc1ccccc1C(=O)NC1CCN(c2ccc(F)cc2)C1=O. The van der Waals surface area contributed by atoms with E-state index in [1.54, 1.807) is 41.3 Å². The number of ether oxygens (including phenoxy) is 1. The molecule has 5 nitrogen and oxygen atoms in total. The first-order valence-electron chi connectivity index (χ1n) is 8.19. The molecular weight excluding hydrogens is 323 g/mol. The van der Waals surface area contributed by atoms with Gasteiger partial charge >= 0.3 is 0 Å². The van der Waals surface area contributed by atoms with E-state index >= 15 is 0 Å². The van der Waals surface area contributed by atoms with Crippen molar-refractivity contribution < 1.29 is 18.7 Å². The summed E-state index contributed by atoms with van der Waals surface area (Å²) < 4.78 is 18.5. The van der Waals surface area contributed by atoms with Crippen LogP contribution in [0.2, 0.25) is 0 Å². The average Bonchev–Trinajstić information content (AvgIpc) is 2.97. The van der Waals surface area contributed by atoms with Gasteiger partial charge in [0.25, 0.3) is 5.91 Å². The first kappa shape index (κ1) is 17.0. The number of hydrogen-bond donors (Lipinski definition) is 1. The Kier molecular flexibility index (Phi) is 4.97. The van der Waals surface area contributed by atoms with Crippen LogP contribution < -0.4 is 15.0 Å². The van der Waals surface area contributed by atoms with Gasteiger partial charge < -0.3 is 15.0 Å². The Bertz CT molecular complexity index is 776. The summed E-state index contributed by atoms with van der Waals surface area (Å²) in [7, 11) is 0. The second-order valence-corrected chi connectivity index (χ2v) is 5.71. The van der Waals surface area contributed by atoms with Gasteiger partial charge in [-0.1, -0.05) is 12.1 Å². The molecule has 1 fully saturated rings. The average molecular weight is 342 g/mol. The molecule has 0 aromatic heterocycles. The number of carbonyl (C=O) groups is 2. The molecule has 2 aromatic carbocycles. The van der Waals surface area contributed by atoms with Gasteiger partial charge in [0, 0.05) is 12.2 Å². The Balaban J connectivity index is 1.71. The van der Waals surface area contributed by atoms with Crippen molar-refractivity contribution in [1.82, 2.24) is 5.32 Å². The fourth-order valence-corrected chi connectivity index (χ4v) is 2.86. The molecule has 0 bridgehead atoms. The number of hydrogen-bond acceptors (Lipinski definition) is 3. The van der Waals surface area contributed by atoms with E-state index < -0.39 is 6.04 Å². The van der Waals surface area contributed by atoms with Crippen LogP contribution in [-0.4, -0.2) is 31.0 Å². The fraction of sp³-hybridized carbons (Fsp3) is 0.263.